The number of likely N-dealkylation sites (N-methyl/N-ethyl adjacent to an activating group) is 2. The lowest BCUT2D eigenvalue weighted by molar-refractivity contribution is -0.137. The van der Waals surface area contributed by atoms with E-state index < -0.39 is 105 Å². The van der Waals surface area contributed by atoms with Gasteiger partial charge in [0.25, 0.3) is 0 Å². The normalized spacial score (nSPS) is 22.4. The van der Waals surface area contributed by atoms with Crippen LogP contribution in [0.4, 0.5) is 0 Å². The molecule has 4 aromatic rings. The average Bonchev–Trinajstić information content (AvgIpc) is 3.64. The van der Waals surface area contributed by atoms with Crippen molar-refractivity contribution in [2.24, 2.45) is 5.92 Å². The van der Waals surface area contributed by atoms with Crippen LogP contribution in [0.15, 0.2) is 48.8 Å². The molecule has 38 heavy (non-hydrogen) atoms. The highest BCUT2D eigenvalue weighted by Gasteiger charge is 2.20. The van der Waals surface area contributed by atoms with Crippen molar-refractivity contribution in [3.63, 3.8) is 0 Å². The van der Waals surface area contributed by atoms with Crippen LogP contribution in [0.5, 0.6) is 11.5 Å². The standard InChI is InChI=1S/C30H38N4O4/c1-20(16-27(35)37-25-10-6-8-23-29(25)21(18-31-23)12-14-33(2)3)17-28(36)38-26-11-7-9-24-30(26)22(19-32-24)13-15-34(4)5/h6-11,18-20,31-32H,12-17H2,1-5H3/i2D3,3D3,4D3,5D3,12D2,13D2,14D2,15D2. The van der Waals surface area contributed by atoms with Crippen molar-refractivity contribution >= 4 is 33.7 Å². The number of aryl methyl sites for hydroxylation is 2. The Labute approximate surface area is 252 Å². The van der Waals surface area contributed by atoms with E-state index in [1.54, 1.807) is 0 Å². The third-order valence-corrected chi connectivity index (χ3v) is 5.42. The Hall–Kier alpha value is -3.62. The second-order valence-electron chi connectivity index (χ2n) is 8.37. The van der Waals surface area contributed by atoms with Crippen LogP contribution in [0.3, 0.4) is 0 Å². The van der Waals surface area contributed by atoms with Gasteiger partial charge in [-0.05, 0) is 82.0 Å². The first-order valence-corrected chi connectivity index (χ1v) is 11.3. The predicted molar refractivity (Wildman–Crippen MR) is 151 cm³/mol. The van der Waals surface area contributed by atoms with Gasteiger partial charge in [-0.15, -0.1) is 0 Å². The molecular weight excluding hydrogens is 480 g/mol. The number of fused-ring (bicyclic) bond motifs is 2. The summed E-state index contributed by atoms with van der Waals surface area (Å²) < 4.78 is 171. The number of carbonyl (C=O) groups is 2. The molecule has 0 atom stereocenters. The maximum absolute atomic E-state index is 13.2. The molecule has 0 spiro atoms. The third-order valence-electron chi connectivity index (χ3n) is 5.42. The van der Waals surface area contributed by atoms with Crippen LogP contribution in [0.25, 0.3) is 21.8 Å². The van der Waals surface area contributed by atoms with Gasteiger partial charge in [-0.1, -0.05) is 19.1 Å². The fraction of sp³-hybridized carbons (Fsp3) is 0.400. The Morgan fingerprint density at radius 3 is 1.68 bits per heavy atom. The summed E-state index contributed by atoms with van der Waals surface area (Å²) in [5, 5.41) is -0.401. The SMILES string of the molecule is [2H]C([2H])([2H])N(C([2H])([2H])[2H])C([2H])([2H])C([2H])([2H])c1c[nH]c2cccc(OC(=O)CC(C)CC(=O)Oc3cccc4[nH]cc(C([2H])([2H])C([2H])([2H])N(C([2H])([2H])[2H])C([2H])([2H])[2H])c34)c12. The summed E-state index contributed by atoms with van der Waals surface area (Å²) in [6.07, 6.45) is -5.64. The van der Waals surface area contributed by atoms with Crippen molar-refractivity contribution < 1.29 is 46.5 Å². The maximum Gasteiger partial charge on any atom is 0.311 e. The number of esters is 2. The monoisotopic (exact) mass is 538 g/mol. The number of nitrogens with one attached hydrogen (secondary N) is 2. The Kier molecular flexibility index (Phi) is 3.76. The van der Waals surface area contributed by atoms with Crippen LogP contribution in [-0.2, 0) is 22.3 Å². The minimum Gasteiger partial charge on any atom is -0.426 e. The van der Waals surface area contributed by atoms with Gasteiger partial charge in [0.15, 0.2) is 0 Å². The van der Waals surface area contributed by atoms with Crippen LogP contribution in [0.1, 0.15) is 58.3 Å². The Morgan fingerprint density at radius 1 is 0.816 bits per heavy atom. The molecule has 2 N–H and O–H groups in total. The quantitative estimate of drug-likeness (QED) is 0.199. The molecular formula is C30H38N4O4. The Bertz CT molecular complexity index is 1970. The largest absolute Gasteiger partial charge is 0.426 e. The van der Waals surface area contributed by atoms with Gasteiger partial charge in [-0.3, -0.25) is 9.59 Å². The molecule has 2 heterocycles. The van der Waals surface area contributed by atoms with Crippen molar-refractivity contribution in [3.05, 3.63) is 59.9 Å². The number of aromatic amines is 2. The van der Waals surface area contributed by atoms with E-state index in [-0.39, 0.29) is 33.3 Å². The lowest BCUT2D eigenvalue weighted by Gasteiger charge is -2.13. The number of aromatic nitrogens is 2. The number of benzene rings is 2. The second kappa shape index (κ2) is 12.3. The molecule has 4 rings (SSSR count). The van der Waals surface area contributed by atoms with Crippen LogP contribution < -0.4 is 9.47 Å². The average molecular weight is 539 g/mol. The van der Waals surface area contributed by atoms with Crippen LogP contribution in [0.2, 0.25) is 0 Å². The number of rotatable bonds is 12. The fourth-order valence-corrected chi connectivity index (χ4v) is 3.87. The first-order chi connectivity index (χ1) is 26.1. The molecule has 0 aliphatic heterocycles. The zero-order valence-electron chi connectivity index (χ0n) is 40.1. The lowest BCUT2D eigenvalue weighted by atomic mass is 10.0. The van der Waals surface area contributed by atoms with Gasteiger partial charge in [0.2, 0.25) is 0 Å². The zero-order valence-corrected chi connectivity index (χ0v) is 20.1. The van der Waals surface area contributed by atoms with Crippen molar-refractivity contribution in [1.29, 1.82) is 0 Å². The molecule has 0 saturated heterocycles. The van der Waals surface area contributed by atoms with Gasteiger partial charge in [0.1, 0.15) is 11.5 Å². The van der Waals surface area contributed by atoms with E-state index in [0.717, 1.165) is 12.4 Å². The number of H-pyrrole nitrogens is 2. The van der Waals surface area contributed by atoms with Crippen LogP contribution in [0, 0.1) is 5.92 Å². The van der Waals surface area contributed by atoms with E-state index in [9.17, 15) is 9.59 Å². The summed E-state index contributed by atoms with van der Waals surface area (Å²) in [7, 11) is 0. The molecule has 0 unspecified atom stereocenters. The fourth-order valence-electron chi connectivity index (χ4n) is 3.87. The van der Waals surface area contributed by atoms with E-state index in [1.807, 2.05) is 0 Å². The van der Waals surface area contributed by atoms with Gasteiger partial charge in [-0.25, -0.2) is 0 Å². The molecule has 8 heteroatoms. The lowest BCUT2D eigenvalue weighted by Crippen LogP contribution is -2.18. The summed E-state index contributed by atoms with van der Waals surface area (Å²) in [6.45, 7) is -20.3. The molecule has 0 fully saturated rings. The number of hydrogen-bond acceptors (Lipinski definition) is 6. The summed E-state index contributed by atoms with van der Waals surface area (Å²) in [5.41, 5.74) is -0.894. The first-order valence-electron chi connectivity index (χ1n) is 21.3. The third kappa shape index (κ3) is 6.82. The summed E-state index contributed by atoms with van der Waals surface area (Å²) >= 11 is 0. The smallest absolute Gasteiger partial charge is 0.311 e. The van der Waals surface area contributed by atoms with Crippen molar-refractivity contribution in [2.75, 3.05) is 40.9 Å². The molecule has 8 nitrogen and oxygen atoms in total. The van der Waals surface area contributed by atoms with Gasteiger partial charge in [0.05, 0.1) is 0 Å². The zero-order chi connectivity index (χ0) is 44.4. The molecule has 0 radical (unpaired) electrons. The van der Waals surface area contributed by atoms with Crippen LogP contribution in [-0.4, -0.2) is 72.6 Å². The minimum absolute atomic E-state index is 0.117. The van der Waals surface area contributed by atoms with Crippen molar-refractivity contribution in [3.8, 4) is 11.5 Å². The molecule has 2 aromatic heterocycles. The highest BCUT2D eigenvalue weighted by atomic mass is 16.5. The van der Waals surface area contributed by atoms with Gasteiger partial charge < -0.3 is 29.2 Å². The van der Waals surface area contributed by atoms with E-state index in [0.29, 0.717) is 0 Å². The van der Waals surface area contributed by atoms with Crippen molar-refractivity contribution in [2.45, 2.75) is 32.5 Å². The molecule has 2 aromatic carbocycles. The maximum atomic E-state index is 13.2. The highest BCUT2D eigenvalue weighted by Crippen LogP contribution is 2.31. The van der Waals surface area contributed by atoms with Gasteiger partial charge in [0, 0.05) is 87.5 Å². The number of nitrogens with zero attached hydrogens (tertiary/aromatic N) is 2. The molecule has 0 amide bonds. The molecule has 0 bridgehead atoms. The molecule has 0 aliphatic rings. The molecule has 202 valence electrons. The summed E-state index contributed by atoms with van der Waals surface area (Å²) in [4.78, 5) is 30.6. The topological polar surface area (TPSA) is 90.7 Å². The highest BCUT2D eigenvalue weighted by molar-refractivity contribution is 5.92. The summed E-state index contributed by atoms with van der Waals surface area (Å²) in [6, 6.07) is 8.11. The van der Waals surface area contributed by atoms with Crippen LogP contribution >= 0.6 is 0 Å². The first kappa shape index (κ1) is 11.6. The second-order valence-corrected chi connectivity index (χ2v) is 8.37. The minimum atomic E-state index is -3.68. The molecule has 0 saturated carbocycles. The summed E-state index contributed by atoms with van der Waals surface area (Å²) in [5.74, 6) is -3.37. The number of carbonyl (C=O) groups excluding carboxylic acids is 2. The van der Waals surface area contributed by atoms with E-state index in [2.05, 4.69) is 9.97 Å². The van der Waals surface area contributed by atoms with E-state index >= 15 is 0 Å². The van der Waals surface area contributed by atoms with Gasteiger partial charge in [-0.2, -0.15) is 0 Å². The van der Waals surface area contributed by atoms with E-state index in [1.165, 1.54) is 43.3 Å². The predicted octanol–water partition coefficient (Wildman–Crippen LogP) is 4.78. The molecule has 0 aliphatic carbocycles. The Balaban J connectivity index is 1.57. The van der Waals surface area contributed by atoms with E-state index in [4.69, 9.17) is 36.9 Å². The van der Waals surface area contributed by atoms with Gasteiger partial charge >= 0.3 is 11.9 Å². The number of hydrogen-bond donors (Lipinski definition) is 2. The van der Waals surface area contributed by atoms with Crippen molar-refractivity contribution in [1.82, 2.24) is 19.8 Å². The Morgan fingerprint density at radius 2 is 1.26 bits per heavy atom. The number of ether oxygens (including phenoxy) is 2.